The number of halogens is 5. The van der Waals surface area contributed by atoms with Crippen molar-refractivity contribution in [2.45, 2.75) is 23.5 Å². The molecule has 0 heterocycles. The fourth-order valence-corrected chi connectivity index (χ4v) is 3.28. The Balaban J connectivity index is 3.36. The van der Waals surface area contributed by atoms with Crippen LogP contribution < -0.4 is 0 Å². The third-order valence-electron chi connectivity index (χ3n) is 2.76. The molecule has 0 saturated carbocycles. The molecule has 0 saturated heterocycles. The Bertz CT molecular complexity index is 677. The first-order chi connectivity index (χ1) is 9.89. The summed E-state index contributed by atoms with van der Waals surface area (Å²) in [6, 6.07) is -0.0323. The molecule has 0 radical (unpaired) electrons. The summed E-state index contributed by atoms with van der Waals surface area (Å²) in [6.07, 6.45) is -6.66. The molecule has 1 aromatic carbocycles. The normalized spacial score (nSPS) is 14.1. The van der Waals surface area contributed by atoms with Crippen LogP contribution in [0.5, 0.6) is 0 Å². The van der Waals surface area contributed by atoms with Crippen LogP contribution in [0.1, 0.15) is 6.42 Å². The van der Waals surface area contributed by atoms with Crippen molar-refractivity contribution in [3.05, 3.63) is 29.0 Å². The van der Waals surface area contributed by atoms with Crippen LogP contribution in [0.15, 0.2) is 23.1 Å². The zero-order valence-electron chi connectivity index (χ0n) is 10.9. The smallest absolute Gasteiger partial charge is 0.405 e. The van der Waals surface area contributed by atoms with E-state index in [2.05, 4.69) is 0 Å². The Hall–Kier alpha value is -1.39. The van der Waals surface area contributed by atoms with E-state index in [9.17, 15) is 30.8 Å². The third-order valence-corrected chi connectivity index (χ3v) is 4.93. The summed E-state index contributed by atoms with van der Waals surface area (Å²) in [5.74, 6) is -3.26. The van der Waals surface area contributed by atoms with Crippen LogP contribution in [0.3, 0.4) is 0 Å². The third kappa shape index (κ3) is 3.87. The van der Waals surface area contributed by atoms with Gasteiger partial charge in [-0.1, -0.05) is 17.7 Å². The zero-order valence-corrected chi connectivity index (χ0v) is 12.5. The number of nitrogens with zero attached hydrogens (tertiary/aromatic N) is 1. The molecule has 1 N–H and O–H groups in total. The minimum absolute atomic E-state index is 0.226. The van der Waals surface area contributed by atoms with Crippen LogP contribution in [0.2, 0.25) is 5.02 Å². The maximum atomic E-state index is 13.7. The van der Waals surface area contributed by atoms with E-state index in [1.165, 1.54) is 0 Å². The van der Waals surface area contributed by atoms with E-state index in [-0.39, 0.29) is 4.31 Å². The van der Waals surface area contributed by atoms with Gasteiger partial charge in [0.1, 0.15) is 10.9 Å². The Morgan fingerprint density at radius 1 is 1.41 bits per heavy atom. The van der Waals surface area contributed by atoms with Crippen molar-refractivity contribution in [1.29, 1.82) is 0 Å². The van der Waals surface area contributed by atoms with Gasteiger partial charge in [-0.05, 0) is 12.1 Å². The lowest BCUT2D eigenvalue weighted by molar-refractivity contribution is -0.177. The first-order valence-corrected chi connectivity index (χ1v) is 7.41. The van der Waals surface area contributed by atoms with Gasteiger partial charge in [-0.3, -0.25) is 4.79 Å². The standard InChI is InChI=1S/C11H10ClF4NO4S/c1-17(8(5-9(18)19)11(14,15)16)22(20,21)7-4-2-3-6(12)10(7)13/h2-4,8H,5H2,1H3,(H,18,19)/t8-/m0/s1. The number of carboxylic acid groups (broad SMARTS) is 1. The van der Waals surface area contributed by atoms with Crippen LogP contribution in [0, 0.1) is 5.82 Å². The largest absolute Gasteiger partial charge is 0.481 e. The summed E-state index contributed by atoms with van der Waals surface area (Å²) >= 11 is 5.40. The molecule has 0 fully saturated rings. The van der Waals surface area contributed by atoms with Crippen molar-refractivity contribution < 1.29 is 35.9 Å². The van der Waals surface area contributed by atoms with Gasteiger partial charge in [0.05, 0.1) is 11.4 Å². The van der Waals surface area contributed by atoms with E-state index in [1.807, 2.05) is 0 Å². The molecule has 22 heavy (non-hydrogen) atoms. The molecule has 1 aromatic rings. The summed E-state index contributed by atoms with van der Waals surface area (Å²) < 4.78 is 76.3. The number of rotatable bonds is 5. The first-order valence-electron chi connectivity index (χ1n) is 5.59. The number of benzene rings is 1. The van der Waals surface area contributed by atoms with Crippen LogP contribution in [0.4, 0.5) is 17.6 Å². The quantitative estimate of drug-likeness (QED) is 0.816. The van der Waals surface area contributed by atoms with E-state index in [4.69, 9.17) is 16.7 Å². The number of carboxylic acids is 1. The van der Waals surface area contributed by atoms with Crippen molar-refractivity contribution in [3.63, 3.8) is 0 Å². The second-order valence-electron chi connectivity index (χ2n) is 4.23. The minimum Gasteiger partial charge on any atom is -0.481 e. The predicted molar refractivity (Wildman–Crippen MR) is 68.5 cm³/mol. The second-order valence-corrected chi connectivity index (χ2v) is 6.60. The van der Waals surface area contributed by atoms with E-state index < -0.39 is 50.4 Å². The average molecular weight is 364 g/mol. The minimum atomic E-state index is -5.14. The van der Waals surface area contributed by atoms with E-state index in [1.54, 1.807) is 0 Å². The molecule has 0 aliphatic heterocycles. The van der Waals surface area contributed by atoms with Crippen molar-refractivity contribution in [2.75, 3.05) is 7.05 Å². The summed E-state index contributed by atoms with van der Waals surface area (Å²) in [5, 5.41) is 7.93. The van der Waals surface area contributed by atoms with Crippen molar-refractivity contribution in [3.8, 4) is 0 Å². The zero-order chi connectivity index (χ0) is 17.3. The lowest BCUT2D eigenvalue weighted by Crippen LogP contribution is -2.47. The molecule has 0 aliphatic carbocycles. The number of aliphatic carboxylic acids is 1. The van der Waals surface area contributed by atoms with Crippen molar-refractivity contribution in [2.24, 2.45) is 0 Å². The maximum absolute atomic E-state index is 13.7. The highest BCUT2D eigenvalue weighted by molar-refractivity contribution is 7.89. The Labute approximate surface area is 128 Å². The average Bonchev–Trinajstić information content (AvgIpc) is 2.36. The van der Waals surface area contributed by atoms with E-state index >= 15 is 0 Å². The molecule has 1 rings (SSSR count). The summed E-state index contributed by atoms with van der Waals surface area (Å²) in [6.45, 7) is 0. The van der Waals surface area contributed by atoms with Gasteiger partial charge in [0.25, 0.3) is 0 Å². The number of sulfonamides is 1. The molecule has 0 aromatic heterocycles. The maximum Gasteiger partial charge on any atom is 0.405 e. The monoisotopic (exact) mass is 363 g/mol. The van der Waals surface area contributed by atoms with Gasteiger partial charge < -0.3 is 5.11 Å². The highest BCUT2D eigenvalue weighted by Crippen LogP contribution is 2.32. The molecule has 0 aliphatic rings. The molecular weight excluding hydrogens is 354 g/mol. The first kappa shape index (κ1) is 18.7. The highest BCUT2D eigenvalue weighted by atomic mass is 35.5. The number of carbonyl (C=O) groups is 1. The van der Waals surface area contributed by atoms with Gasteiger partial charge in [0, 0.05) is 7.05 Å². The molecule has 0 spiro atoms. The predicted octanol–water partition coefficient (Wildman–Crippen LogP) is 2.51. The molecule has 0 amide bonds. The van der Waals surface area contributed by atoms with Gasteiger partial charge in [0.2, 0.25) is 10.0 Å². The number of alkyl halides is 3. The number of hydrogen-bond acceptors (Lipinski definition) is 3. The molecule has 11 heteroatoms. The Morgan fingerprint density at radius 2 is 1.95 bits per heavy atom. The molecule has 0 unspecified atom stereocenters. The second kappa shape index (κ2) is 6.39. The van der Waals surface area contributed by atoms with Gasteiger partial charge in [-0.15, -0.1) is 0 Å². The lowest BCUT2D eigenvalue weighted by Gasteiger charge is -2.28. The molecular formula is C11H10ClF4NO4S. The topological polar surface area (TPSA) is 74.7 Å². The van der Waals surface area contributed by atoms with Crippen LogP contribution >= 0.6 is 11.6 Å². The van der Waals surface area contributed by atoms with Gasteiger partial charge in [0.15, 0.2) is 5.82 Å². The van der Waals surface area contributed by atoms with Gasteiger partial charge in [-0.2, -0.15) is 17.5 Å². The van der Waals surface area contributed by atoms with Gasteiger partial charge in [-0.25, -0.2) is 12.8 Å². The molecule has 0 bridgehead atoms. The van der Waals surface area contributed by atoms with E-state index in [0.717, 1.165) is 18.2 Å². The van der Waals surface area contributed by atoms with Crippen LogP contribution in [-0.2, 0) is 14.8 Å². The Kier molecular flexibility index (Phi) is 5.42. The summed E-state index contributed by atoms with van der Waals surface area (Å²) in [7, 11) is -4.41. The molecule has 1 atom stereocenters. The SMILES string of the molecule is CN([C@@H](CC(=O)O)C(F)(F)F)S(=O)(=O)c1cccc(Cl)c1F. The summed E-state index contributed by atoms with van der Waals surface area (Å²) in [5.41, 5.74) is 0. The molecule has 5 nitrogen and oxygen atoms in total. The van der Waals surface area contributed by atoms with Crippen LogP contribution in [-0.4, -0.2) is 43.1 Å². The number of hydrogen-bond donors (Lipinski definition) is 1. The van der Waals surface area contributed by atoms with E-state index in [0.29, 0.717) is 7.05 Å². The van der Waals surface area contributed by atoms with Crippen LogP contribution in [0.25, 0.3) is 0 Å². The highest BCUT2D eigenvalue weighted by Gasteiger charge is 2.48. The lowest BCUT2D eigenvalue weighted by atomic mass is 10.2. The van der Waals surface area contributed by atoms with Gasteiger partial charge >= 0.3 is 12.1 Å². The molecule has 124 valence electrons. The van der Waals surface area contributed by atoms with Crippen molar-refractivity contribution >= 4 is 27.6 Å². The summed E-state index contributed by atoms with van der Waals surface area (Å²) in [4.78, 5) is 9.46. The fourth-order valence-electron chi connectivity index (χ4n) is 1.62. The Morgan fingerprint density at radius 3 is 2.41 bits per heavy atom. The van der Waals surface area contributed by atoms with Crippen molar-refractivity contribution in [1.82, 2.24) is 4.31 Å². The fraction of sp³-hybridized carbons (Fsp3) is 0.364.